The highest BCUT2D eigenvalue weighted by Crippen LogP contribution is 2.40. The van der Waals surface area contributed by atoms with E-state index in [1.807, 2.05) is 32.8 Å². The van der Waals surface area contributed by atoms with Crippen LogP contribution in [0.2, 0.25) is 0 Å². The van der Waals surface area contributed by atoms with Crippen molar-refractivity contribution in [3.63, 3.8) is 0 Å². The van der Waals surface area contributed by atoms with Crippen LogP contribution in [0.5, 0.6) is 0 Å². The maximum absolute atomic E-state index is 13.1. The zero-order chi connectivity index (χ0) is 15.6. The van der Waals surface area contributed by atoms with Crippen LogP contribution in [0.25, 0.3) is 0 Å². The van der Waals surface area contributed by atoms with Crippen LogP contribution < -0.4 is 5.73 Å². The van der Waals surface area contributed by atoms with Crippen molar-refractivity contribution in [1.82, 2.24) is 9.88 Å². The third kappa shape index (κ3) is 2.96. The molecule has 1 aromatic heterocycles. The van der Waals surface area contributed by atoms with E-state index in [0.29, 0.717) is 12.8 Å². The summed E-state index contributed by atoms with van der Waals surface area (Å²) < 4.78 is 39.3. The van der Waals surface area contributed by atoms with Crippen LogP contribution in [0.15, 0.2) is 18.5 Å². The van der Waals surface area contributed by atoms with E-state index >= 15 is 0 Å². The molecule has 1 rings (SSSR count). The average Bonchev–Trinajstić information content (AvgIpc) is 2.39. The van der Waals surface area contributed by atoms with Gasteiger partial charge in [-0.15, -0.1) is 0 Å². The summed E-state index contributed by atoms with van der Waals surface area (Å²) in [5.74, 6) is 0. The van der Waals surface area contributed by atoms with E-state index < -0.39 is 23.3 Å². The Balaban J connectivity index is 3.37. The maximum Gasteiger partial charge on any atom is 0.416 e. The van der Waals surface area contributed by atoms with Gasteiger partial charge in [-0.2, -0.15) is 13.2 Å². The van der Waals surface area contributed by atoms with Crippen molar-refractivity contribution in [2.45, 2.75) is 44.4 Å². The van der Waals surface area contributed by atoms with Gasteiger partial charge in [-0.1, -0.05) is 13.8 Å². The first-order chi connectivity index (χ1) is 9.20. The Bertz CT molecular complexity index is 440. The van der Waals surface area contributed by atoms with E-state index in [0.717, 1.165) is 12.3 Å². The van der Waals surface area contributed by atoms with Crippen LogP contribution in [-0.4, -0.2) is 29.5 Å². The first-order valence-corrected chi connectivity index (χ1v) is 6.64. The molecular formula is C14H22F3N3. The molecular weight excluding hydrogens is 267 g/mol. The van der Waals surface area contributed by atoms with E-state index in [1.165, 1.54) is 6.20 Å². The highest BCUT2D eigenvalue weighted by molar-refractivity contribution is 5.31. The lowest BCUT2D eigenvalue weighted by Gasteiger charge is -2.44. The molecule has 0 fully saturated rings. The van der Waals surface area contributed by atoms with Crippen molar-refractivity contribution < 1.29 is 13.2 Å². The van der Waals surface area contributed by atoms with Gasteiger partial charge in [0.1, 0.15) is 0 Å². The van der Waals surface area contributed by atoms with Gasteiger partial charge in [0.15, 0.2) is 0 Å². The van der Waals surface area contributed by atoms with Gasteiger partial charge in [0.05, 0.1) is 11.6 Å². The Morgan fingerprint density at radius 2 is 1.80 bits per heavy atom. The molecule has 0 aromatic carbocycles. The van der Waals surface area contributed by atoms with Gasteiger partial charge in [-0.25, -0.2) is 0 Å². The van der Waals surface area contributed by atoms with Gasteiger partial charge in [-0.05, 0) is 33.0 Å². The first kappa shape index (κ1) is 16.9. The highest BCUT2D eigenvalue weighted by Gasteiger charge is 2.42. The van der Waals surface area contributed by atoms with Crippen LogP contribution in [0.3, 0.4) is 0 Å². The number of likely N-dealkylation sites (N-methyl/N-ethyl adjacent to an activating group) is 1. The number of halogens is 3. The minimum Gasteiger partial charge on any atom is -0.322 e. The summed E-state index contributed by atoms with van der Waals surface area (Å²) in [7, 11) is 3.69. The van der Waals surface area contributed by atoms with E-state index in [9.17, 15) is 13.2 Å². The Morgan fingerprint density at radius 1 is 1.25 bits per heavy atom. The molecule has 114 valence electrons. The van der Waals surface area contributed by atoms with Crippen LogP contribution in [-0.2, 0) is 6.18 Å². The van der Waals surface area contributed by atoms with Gasteiger partial charge in [0.25, 0.3) is 0 Å². The predicted molar refractivity (Wildman–Crippen MR) is 73.2 cm³/mol. The fourth-order valence-electron chi connectivity index (χ4n) is 2.80. The summed E-state index contributed by atoms with van der Waals surface area (Å²) in [6, 6.07) is 0.235. The number of pyridine rings is 1. The zero-order valence-electron chi connectivity index (χ0n) is 12.3. The molecule has 0 bridgehead atoms. The first-order valence-electron chi connectivity index (χ1n) is 6.64. The number of hydrogen-bond acceptors (Lipinski definition) is 3. The normalized spacial score (nSPS) is 14.7. The standard InChI is InChI=1S/C14H22F3N3/c1-5-13(6-2,20(3)4)12(18)10-9-19-8-7-11(10)14(15,16)17/h7-9,12H,5-6,18H2,1-4H3. The number of nitrogens with zero attached hydrogens (tertiary/aromatic N) is 2. The van der Waals surface area contributed by atoms with Crippen molar-refractivity contribution in [2.24, 2.45) is 5.73 Å². The molecule has 0 aliphatic carbocycles. The molecule has 1 aromatic rings. The summed E-state index contributed by atoms with van der Waals surface area (Å²) in [6.07, 6.45) is -0.728. The Morgan fingerprint density at radius 3 is 2.20 bits per heavy atom. The summed E-state index contributed by atoms with van der Waals surface area (Å²) in [6.45, 7) is 3.87. The second-order valence-corrected chi connectivity index (χ2v) is 5.14. The molecule has 0 saturated heterocycles. The Hall–Kier alpha value is -1.14. The third-order valence-electron chi connectivity index (χ3n) is 4.19. The fourth-order valence-corrected chi connectivity index (χ4v) is 2.80. The zero-order valence-corrected chi connectivity index (χ0v) is 12.3. The number of hydrogen-bond donors (Lipinski definition) is 1. The molecule has 0 aliphatic rings. The molecule has 0 aliphatic heterocycles. The molecule has 1 heterocycles. The van der Waals surface area contributed by atoms with Gasteiger partial charge in [-0.3, -0.25) is 4.98 Å². The number of alkyl halides is 3. The van der Waals surface area contributed by atoms with Crippen LogP contribution in [0.1, 0.15) is 43.9 Å². The molecule has 3 nitrogen and oxygen atoms in total. The lowest BCUT2D eigenvalue weighted by molar-refractivity contribution is -0.138. The van der Waals surface area contributed by atoms with E-state index in [1.54, 1.807) is 0 Å². The van der Waals surface area contributed by atoms with Crippen LogP contribution in [0.4, 0.5) is 13.2 Å². The van der Waals surface area contributed by atoms with Gasteiger partial charge < -0.3 is 10.6 Å². The second kappa shape index (κ2) is 6.10. The lowest BCUT2D eigenvalue weighted by atomic mass is 9.79. The second-order valence-electron chi connectivity index (χ2n) is 5.14. The average molecular weight is 289 g/mol. The van der Waals surface area contributed by atoms with Gasteiger partial charge in [0, 0.05) is 23.5 Å². The predicted octanol–water partition coefficient (Wildman–Crippen LogP) is 3.22. The topological polar surface area (TPSA) is 42.1 Å². The molecule has 0 saturated carbocycles. The van der Waals surface area contributed by atoms with E-state index in [4.69, 9.17) is 5.73 Å². The molecule has 6 heteroatoms. The largest absolute Gasteiger partial charge is 0.416 e. The quantitative estimate of drug-likeness (QED) is 0.905. The monoisotopic (exact) mass is 289 g/mol. The minimum atomic E-state index is -4.42. The van der Waals surface area contributed by atoms with Crippen molar-refractivity contribution >= 4 is 0 Å². The van der Waals surface area contributed by atoms with Crippen LogP contribution in [0, 0.1) is 0 Å². The summed E-state index contributed by atoms with van der Waals surface area (Å²) in [4.78, 5) is 5.73. The third-order valence-corrected chi connectivity index (χ3v) is 4.19. The molecule has 20 heavy (non-hydrogen) atoms. The van der Waals surface area contributed by atoms with Gasteiger partial charge in [0.2, 0.25) is 0 Å². The van der Waals surface area contributed by atoms with Crippen molar-refractivity contribution in [3.8, 4) is 0 Å². The van der Waals surface area contributed by atoms with Crippen molar-refractivity contribution in [1.29, 1.82) is 0 Å². The molecule has 1 atom stereocenters. The summed E-state index contributed by atoms with van der Waals surface area (Å²) in [5, 5.41) is 0. The molecule has 0 amide bonds. The summed E-state index contributed by atoms with van der Waals surface area (Å²) >= 11 is 0. The molecule has 0 radical (unpaired) electrons. The van der Waals surface area contributed by atoms with E-state index in [2.05, 4.69) is 4.98 Å². The number of rotatable bonds is 5. The van der Waals surface area contributed by atoms with Crippen LogP contribution >= 0.6 is 0 Å². The van der Waals surface area contributed by atoms with Gasteiger partial charge >= 0.3 is 6.18 Å². The highest BCUT2D eigenvalue weighted by atomic mass is 19.4. The lowest BCUT2D eigenvalue weighted by Crippen LogP contribution is -2.52. The molecule has 1 unspecified atom stereocenters. The Labute approximate surface area is 118 Å². The fraction of sp³-hybridized carbons (Fsp3) is 0.643. The Kier molecular flexibility index (Phi) is 5.15. The minimum absolute atomic E-state index is 0.0531. The maximum atomic E-state index is 13.1. The number of nitrogens with two attached hydrogens (primary N) is 1. The molecule has 0 spiro atoms. The van der Waals surface area contributed by atoms with Crippen molar-refractivity contribution in [2.75, 3.05) is 14.1 Å². The van der Waals surface area contributed by atoms with Crippen molar-refractivity contribution in [3.05, 3.63) is 29.6 Å². The molecule has 2 N–H and O–H groups in total. The number of aromatic nitrogens is 1. The smallest absolute Gasteiger partial charge is 0.322 e. The summed E-state index contributed by atoms with van der Waals surface area (Å²) in [5.41, 5.74) is 5.04. The SMILES string of the molecule is CCC(CC)(C(N)c1cnccc1C(F)(F)F)N(C)C. The van der Waals surface area contributed by atoms with E-state index in [-0.39, 0.29) is 5.56 Å².